The Morgan fingerprint density at radius 1 is 1.27 bits per heavy atom. The van der Waals surface area contributed by atoms with Crippen LogP contribution < -0.4 is 9.64 Å². The van der Waals surface area contributed by atoms with E-state index in [0.717, 1.165) is 21.5 Å². The van der Waals surface area contributed by atoms with Crippen molar-refractivity contribution in [2.75, 3.05) is 17.8 Å². The van der Waals surface area contributed by atoms with Gasteiger partial charge in [0.05, 0.1) is 12.9 Å². The number of benzene rings is 2. The predicted octanol–water partition coefficient (Wildman–Crippen LogP) is 4.89. The lowest BCUT2D eigenvalue weighted by Gasteiger charge is -2.25. The number of nitrogens with zero attached hydrogens (tertiary/aromatic N) is 1. The summed E-state index contributed by atoms with van der Waals surface area (Å²) in [7, 11) is 1.64. The monoisotopic (exact) mass is 397 g/mol. The van der Waals surface area contributed by atoms with Crippen LogP contribution in [0.15, 0.2) is 46.9 Å². The molecule has 22 heavy (non-hydrogen) atoms. The molecule has 1 saturated heterocycles. The molecule has 0 spiro atoms. The molecular formula is C16H13BrClNO2S. The van der Waals surface area contributed by atoms with Crippen molar-refractivity contribution in [1.29, 1.82) is 0 Å². The Morgan fingerprint density at radius 2 is 2.00 bits per heavy atom. The van der Waals surface area contributed by atoms with Crippen LogP contribution in [-0.2, 0) is 4.79 Å². The molecule has 0 bridgehead atoms. The number of hydrogen-bond donors (Lipinski definition) is 0. The molecule has 1 aliphatic heterocycles. The fourth-order valence-electron chi connectivity index (χ4n) is 2.43. The topological polar surface area (TPSA) is 29.5 Å². The molecule has 6 heteroatoms. The molecular weight excluding hydrogens is 386 g/mol. The second kappa shape index (κ2) is 6.52. The summed E-state index contributed by atoms with van der Waals surface area (Å²) in [6.45, 7) is 0. The first kappa shape index (κ1) is 15.7. The number of thioether (sulfide) groups is 1. The summed E-state index contributed by atoms with van der Waals surface area (Å²) in [6, 6.07) is 13.1. The van der Waals surface area contributed by atoms with E-state index in [0.29, 0.717) is 10.8 Å². The highest BCUT2D eigenvalue weighted by Gasteiger charge is 2.35. The third kappa shape index (κ3) is 2.98. The SMILES string of the molecule is COc1ccc(Br)cc1[C@H]1SCC(=O)N1c1ccc(Cl)cc1. The second-order valence-corrected chi connectivity index (χ2v) is 7.21. The summed E-state index contributed by atoms with van der Waals surface area (Å²) in [5, 5.41) is 0.542. The minimum atomic E-state index is -0.110. The van der Waals surface area contributed by atoms with Crippen molar-refractivity contribution in [3.63, 3.8) is 0 Å². The predicted molar refractivity (Wildman–Crippen MR) is 94.8 cm³/mol. The molecule has 0 aliphatic carbocycles. The fraction of sp³-hybridized carbons (Fsp3) is 0.188. The van der Waals surface area contributed by atoms with Gasteiger partial charge in [0.25, 0.3) is 0 Å². The highest BCUT2D eigenvalue weighted by molar-refractivity contribution is 9.10. The lowest BCUT2D eigenvalue weighted by atomic mass is 10.1. The molecule has 0 saturated carbocycles. The largest absolute Gasteiger partial charge is 0.496 e. The molecule has 1 fully saturated rings. The molecule has 3 nitrogen and oxygen atoms in total. The number of carbonyl (C=O) groups is 1. The summed E-state index contributed by atoms with van der Waals surface area (Å²) in [4.78, 5) is 14.1. The van der Waals surface area contributed by atoms with Crippen LogP contribution in [0.2, 0.25) is 5.02 Å². The van der Waals surface area contributed by atoms with E-state index in [-0.39, 0.29) is 11.3 Å². The number of anilines is 1. The number of amides is 1. The normalized spacial score (nSPS) is 17.9. The van der Waals surface area contributed by atoms with Crippen LogP contribution in [0.4, 0.5) is 5.69 Å². The minimum Gasteiger partial charge on any atom is -0.496 e. The summed E-state index contributed by atoms with van der Waals surface area (Å²) in [5.41, 5.74) is 1.81. The van der Waals surface area contributed by atoms with E-state index in [1.54, 1.807) is 35.9 Å². The van der Waals surface area contributed by atoms with Crippen molar-refractivity contribution in [2.24, 2.45) is 0 Å². The second-order valence-electron chi connectivity index (χ2n) is 4.79. The van der Waals surface area contributed by atoms with Crippen LogP contribution in [0.1, 0.15) is 10.9 Å². The number of halogens is 2. The van der Waals surface area contributed by atoms with E-state index in [2.05, 4.69) is 15.9 Å². The maximum atomic E-state index is 12.3. The summed E-state index contributed by atoms with van der Waals surface area (Å²) < 4.78 is 6.42. The van der Waals surface area contributed by atoms with Crippen LogP contribution in [0, 0.1) is 0 Å². The lowest BCUT2D eigenvalue weighted by Crippen LogP contribution is -2.28. The zero-order valence-corrected chi connectivity index (χ0v) is 14.9. The molecule has 0 N–H and O–H groups in total. The Hall–Kier alpha value is -1.17. The average Bonchev–Trinajstić information content (AvgIpc) is 2.90. The molecule has 0 radical (unpaired) electrons. The Balaban J connectivity index is 2.04. The molecule has 2 aromatic carbocycles. The van der Waals surface area contributed by atoms with Gasteiger partial charge in [-0.1, -0.05) is 27.5 Å². The first-order chi connectivity index (χ1) is 10.6. The zero-order chi connectivity index (χ0) is 15.7. The molecule has 1 aliphatic rings. The summed E-state index contributed by atoms with van der Waals surface area (Å²) >= 11 is 11.0. The fourth-order valence-corrected chi connectivity index (χ4v) is 4.13. The van der Waals surface area contributed by atoms with Gasteiger partial charge < -0.3 is 4.74 Å². The van der Waals surface area contributed by atoms with Crippen molar-refractivity contribution in [3.05, 3.63) is 57.5 Å². The summed E-state index contributed by atoms with van der Waals surface area (Å²) in [5.74, 6) is 1.30. The van der Waals surface area contributed by atoms with Crippen LogP contribution in [-0.4, -0.2) is 18.8 Å². The maximum absolute atomic E-state index is 12.3. The molecule has 114 valence electrons. The molecule has 2 aromatic rings. The van der Waals surface area contributed by atoms with Gasteiger partial charge in [0.15, 0.2) is 0 Å². The van der Waals surface area contributed by atoms with Gasteiger partial charge in [0, 0.05) is 20.7 Å². The van der Waals surface area contributed by atoms with Crippen LogP contribution >= 0.6 is 39.3 Å². The standard InChI is InChI=1S/C16H13BrClNO2S/c1-21-14-7-2-10(17)8-13(14)16-19(15(20)9-22-16)12-5-3-11(18)4-6-12/h2-8,16H,9H2,1H3/t16-/m1/s1. The Labute approximate surface area is 146 Å². The van der Waals surface area contributed by atoms with E-state index >= 15 is 0 Å². The van der Waals surface area contributed by atoms with Crippen LogP contribution in [0.3, 0.4) is 0 Å². The van der Waals surface area contributed by atoms with Gasteiger partial charge >= 0.3 is 0 Å². The third-order valence-corrected chi connectivity index (χ3v) is 5.37. The molecule has 0 unspecified atom stereocenters. The van der Waals surface area contributed by atoms with Crippen molar-refractivity contribution in [3.8, 4) is 5.75 Å². The average molecular weight is 399 g/mol. The van der Waals surface area contributed by atoms with Gasteiger partial charge in [-0.2, -0.15) is 0 Å². The van der Waals surface area contributed by atoms with Gasteiger partial charge in [0.1, 0.15) is 11.1 Å². The number of rotatable bonds is 3. The highest BCUT2D eigenvalue weighted by atomic mass is 79.9. The van der Waals surface area contributed by atoms with Gasteiger partial charge in [-0.05, 0) is 42.5 Å². The van der Waals surface area contributed by atoms with E-state index in [1.807, 2.05) is 30.3 Å². The number of ether oxygens (including phenoxy) is 1. The molecule has 0 aromatic heterocycles. The van der Waals surface area contributed by atoms with Crippen molar-refractivity contribution in [1.82, 2.24) is 0 Å². The first-order valence-corrected chi connectivity index (χ1v) is 8.85. The van der Waals surface area contributed by atoms with E-state index in [1.165, 1.54) is 0 Å². The molecule has 3 rings (SSSR count). The Kier molecular flexibility index (Phi) is 4.66. The Bertz CT molecular complexity index is 708. The smallest absolute Gasteiger partial charge is 0.238 e. The number of carbonyl (C=O) groups excluding carboxylic acids is 1. The number of methoxy groups -OCH3 is 1. The maximum Gasteiger partial charge on any atom is 0.238 e. The lowest BCUT2D eigenvalue weighted by molar-refractivity contribution is -0.115. The Morgan fingerprint density at radius 3 is 2.68 bits per heavy atom. The third-order valence-electron chi connectivity index (χ3n) is 3.43. The zero-order valence-electron chi connectivity index (χ0n) is 11.8. The van der Waals surface area contributed by atoms with Gasteiger partial charge in [-0.25, -0.2) is 0 Å². The van der Waals surface area contributed by atoms with Crippen molar-refractivity contribution >= 4 is 50.9 Å². The van der Waals surface area contributed by atoms with Gasteiger partial charge in [-0.3, -0.25) is 9.69 Å². The van der Waals surface area contributed by atoms with Crippen molar-refractivity contribution < 1.29 is 9.53 Å². The van der Waals surface area contributed by atoms with Gasteiger partial charge in [-0.15, -0.1) is 11.8 Å². The number of hydrogen-bond acceptors (Lipinski definition) is 3. The van der Waals surface area contributed by atoms with Crippen molar-refractivity contribution in [2.45, 2.75) is 5.37 Å². The van der Waals surface area contributed by atoms with Gasteiger partial charge in [0.2, 0.25) is 5.91 Å². The molecule has 1 heterocycles. The van der Waals surface area contributed by atoms with Crippen LogP contribution in [0.5, 0.6) is 5.75 Å². The molecule has 1 atom stereocenters. The van der Waals surface area contributed by atoms with Crippen LogP contribution in [0.25, 0.3) is 0 Å². The van der Waals surface area contributed by atoms with E-state index in [4.69, 9.17) is 16.3 Å². The quantitative estimate of drug-likeness (QED) is 0.737. The van der Waals surface area contributed by atoms with E-state index < -0.39 is 0 Å². The van der Waals surface area contributed by atoms with E-state index in [9.17, 15) is 4.79 Å². The minimum absolute atomic E-state index is 0.0827. The first-order valence-electron chi connectivity index (χ1n) is 6.63. The molecule has 1 amide bonds. The summed E-state index contributed by atoms with van der Waals surface area (Å²) in [6.07, 6.45) is 0. The highest BCUT2D eigenvalue weighted by Crippen LogP contribution is 2.45.